The molecule has 0 saturated carbocycles. The first-order valence-electron chi connectivity index (χ1n) is 7.93. The first-order valence-corrected chi connectivity index (χ1v) is 8.30. The Balaban J connectivity index is 1.76. The summed E-state index contributed by atoms with van der Waals surface area (Å²) in [5.74, 6) is -0.102. The highest BCUT2D eigenvalue weighted by Gasteiger charge is 2.17. The second kappa shape index (κ2) is 8.89. The Morgan fingerprint density at radius 3 is 2.70 bits per heavy atom. The van der Waals surface area contributed by atoms with Crippen molar-refractivity contribution in [3.05, 3.63) is 34.9 Å². The van der Waals surface area contributed by atoms with E-state index in [1.54, 1.807) is 17.0 Å². The molecule has 5 nitrogen and oxygen atoms in total. The Kier molecular flexibility index (Phi) is 6.86. The molecule has 1 atom stereocenters. The maximum Gasteiger partial charge on any atom is 0.221 e. The molecule has 1 N–H and O–H groups in total. The maximum absolute atomic E-state index is 11.9. The third kappa shape index (κ3) is 6.20. The van der Waals surface area contributed by atoms with Gasteiger partial charge in [-0.15, -0.1) is 0 Å². The molecule has 1 heterocycles. The van der Waals surface area contributed by atoms with E-state index in [0.29, 0.717) is 31.1 Å². The Labute approximate surface area is 141 Å². The molecule has 2 rings (SSSR count). The van der Waals surface area contributed by atoms with Crippen LogP contribution in [0.4, 0.5) is 0 Å². The minimum atomic E-state index is -0.0529. The summed E-state index contributed by atoms with van der Waals surface area (Å²) in [6.07, 6.45) is 2.48. The number of benzene rings is 1. The van der Waals surface area contributed by atoms with Crippen molar-refractivity contribution in [1.29, 1.82) is 0 Å². The second-order valence-corrected chi connectivity index (χ2v) is 6.19. The zero-order chi connectivity index (χ0) is 16.7. The topological polar surface area (TPSA) is 58.6 Å². The number of hydrogen-bond donors (Lipinski definition) is 1. The van der Waals surface area contributed by atoms with Crippen LogP contribution in [-0.2, 0) is 20.9 Å². The third-order valence-electron chi connectivity index (χ3n) is 3.89. The lowest BCUT2D eigenvalue weighted by Gasteiger charge is -2.21. The molecular weight excluding hydrogens is 316 g/mol. The zero-order valence-electron chi connectivity index (χ0n) is 13.4. The van der Waals surface area contributed by atoms with E-state index in [-0.39, 0.29) is 17.9 Å². The minimum Gasteiger partial charge on any atom is -0.376 e. The molecule has 1 aliphatic heterocycles. The number of carbonyl (C=O) groups is 2. The fourth-order valence-electron chi connectivity index (χ4n) is 2.52. The number of ether oxygens (including phenoxy) is 1. The van der Waals surface area contributed by atoms with Gasteiger partial charge >= 0.3 is 0 Å². The fraction of sp³-hybridized carbons (Fsp3) is 0.529. The molecule has 1 unspecified atom stereocenters. The lowest BCUT2D eigenvalue weighted by atomic mass is 10.2. The average molecular weight is 339 g/mol. The second-order valence-electron chi connectivity index (χ2n) is 5.76. The first-order chi connectivity index (χ1) is 11.0. The van der Waals surface area contributed by atoms with Gasteiger partial charge in [0.2, 0.25) is 11.8 Å². The van der Waals surface area contributed by atoms with E-state index >= 15 is 0 Å². The van der Waals surface area contributed by atoms with Crippen LogP contribution in [0.1, 0.15) is 31.7 Å². The van der Waals surface area contributed by atoms with Crippen LogP contribution in [0, 0.1) is 0 Å². The monoisotopic (exact) mass is 338 g/mol. The van der Waals surface area contributed by atoms with Crippen LogP contribution >= 0.6 is 11.6 Å². The molecule has 1 saturated heterocycles. The molecule has 0 aliphatic carbocycles. The normalized spacial score (nSPS) is 17.0. The van der Waals surface area contributed by atoms with Crippen LogP contribution < -0.4 is 5.32 Å². The van der Waals surface area contributed by atoms with Crippen LogP contribution in [0.5, 0.6) is 0 Å². The van der Waals surface area contributed by atoms with Gasteiger partial charge in [0.05, 0.1) is 6.10 Å². The lowest BCUT2D eigenvalue weighted by molar-refractivity contribution is -0.130. The van der Waals surface area contributed by atoms with Crippen molar-refractivity contribution in [2.24, 2.45) is 0 Å². The van der Waals surface area contributed by atoms with Crippen molar-refractivity contribution in [2.75, 3.05) is 19.7 Å². The summed E-state index contributed by atoms with van der Waals surface area (Å²) >= 11 is 5.86. The number of rotatable bonds is 7. The Morgan fingerprint density at radius 1 is 1.35 bits per heavy atom. The summed E-state index contributed by atoms with van der Waals surface area (Å²) in [6.45, 7) is 3.72. The van der Waals surface area contributed by atoms with Crippen molar-refractivity contribution in [3.8, 4) is 0 Å². The lowest BCUT2D eigenvalue weighted by Crippen LogP contribution is -2.36. The molecule has 0 spiro atoms. The molecule has 1 aromatic carbocycles. The number of nitrogens with zero attached hydrogens (tertiary/aromatic N) is 1. The van der Waals surface area contributed by atoms with Gasteiger partial charge < -0.3 is 15.0 Å². The van der Waals surface area contributed by atoms with Crippen molar-refractivity contribution in [1.82, 2.24) is 10.2 Å². The van der Waals surface area contributed by atoms with E-state index in [4.69, 9.17) is 16.3 Å². The van der Waals surface area contributed by atoms with E-state index in [9.17, 15) is 9.59 Å². The van der Waals surface area contributed by atoms with Gasteiger partial charge in [0.1, 0.15) is 0 Å². The quantitative estimate of drug-likeness (QED) is 0.830. The van der Waals surface area contributed by atoms with Gasteiger partial charge in [-0.25, -0.2) is 0 Å². The van der Waals surface area contributed by atoms with Crippen LogP contribution in [0.15, 0.2) is 24.3 Å². The Bertz CT molecular complexity index is 527. The summed E-state index contributed by atoms with van der Waals surface area (Å²) in [6, 6.07) is 7.36. The maximum atomic E-state index is 11.9. The molecule has 1 aliphatic rings. The van der Waals surface area contributed by atoms with Gasteiger partial charge in [0.25, 0.3) is 0 Å². The van der Waals surface area contributed by atoms with Crippen molar-refractivity contribution in [2.45, 2.75) is 38.8 Å². The summed E-state index contributed by atoms with van der Waals surface area (Å²) in [7, 11) is 0. The summed E-state index contributed by atoms with van der Waals surface area (Å²) in [4.78, 5) is 25.3. The van der Waals surface area contributed by atoms with E-state index < -0.39 is 0 Å². The average Bonchev–Trinajstić information content (AvgIpc) is 3.04. The number of amides is 2. The van der Waals surface area contributed by atoms with Gasteiger partial charge in [0.15, 0.2) is 0 Å². The third-order valence-corrected chi connectivity index (χ3v) is 4.14. The van der Waals surface area contributed by atoms with Crippen molar-refractivity contribution in [3.63, 3.8) is 0 Å². The van der Waals surface area contributed by atoms with E-state index in [2.05, 4.69) is 5.32 Å². The van der Waals surface area contributed by atoms with Crippen LogP contribution in [-0.4, -0.2) is 42.5 Å². The molecule has 0 bridgehead atoms. The Hall–Kier alpha value is -1.59. The van der Waals surface area contributed by atoms with Crippen molar-refractivity contribution < 1.29 is 14.3 Å². The number of nitrogens with one attached hydrogen (secondary N) is 1. The van der Waals surface area contributed by atoms with E-state index in [0.717, 1.165) is 25.0 Å². The SMILES string of the molecule is CC(=O)N(CCC(=O)NCC1CCCO1)Cc1ccc(Cl)cc1. The number of halogens is 1. The minimum absolute atomic E-state index is 0.0492. The number of hydrogen-bond acceptors (Lipinski definition) is 3. The van der Waals surface area contributed by atoms with Gasteiger partial charge in [-0.3, -0.25) is 9.59 Å². The Morgan fingerprint density at radius 2 is 2.09 bits per heavy atom. The molecule has 23 heavy (non-hydrogen) atoms. The van der Waals surface area contributed by atoms with Crippen LogP contribution in [0.3, 0.4) is 0 Å². The van der Waals surface area contributed by atoms with E-state index in [1.165, 1.54) is 6.92 Å². The largest absolute Gasteiger partial charge is 0.376 e. The van der Waals surface area contributed by atoms with Gasteiger partial charge in [-0.1, -0.05) is 23.7 Å². The van der Waals surface area contributed by atoms with Crippen LogP contribution in [0.25, 0.3) is 0 Å². The molecule has 6 heteroatoms. The standard InChI is InChI=1S/C17H23ClN2O3/c1-13(21)20(12-14-4-6-15(18)7-5-14)9-8-17(22)19-11-16-3-2-10-23-16/h4-7,16H,2-3,8-12H2,1H3,(H,19,22). The highest BCUT2D eigenvalue weighted by atomic mass is 35.5. The van der Waals surface area contributed by atoms with Gasteiger partial charge in [-0.2, -0.15) is 0 Å². The van der Waals surface area contributed by atoms with E-state index in [1.807, 2.05) is 12.1 Å². The molecule has 126 valence electrons. The van der Waals surface area contributed by atoms with Gasteiger partial charge in [-0.05, 0) is 30.5 Å². The highest BCUT2D eigenvalue weighted by molar-refractivity contribution is 6.30. The predicted molar refractivity (Wildman–Crippen MR) is 89.1 cm³/mol. The summed E-state index contributed by atoms with van der Waals surface area (Å²) in [5, 5.41) is 3.53. The smallest absolute Gasteiger partial charge is 0.221 e. The highest BCUT2D eigenvalue weighted by Crippen LogP contribution is 2.12. The molecule has 2 amide bonds. The zero-order valence-corrected chi connectivity index (χ0v) is 14.1. The molecular formula is C17H23ClN2O3. The summed E-state index contributed by atoms with van der Waals surface area (Å²) in [5.41, 5.74) is 0.990. The van der Waals surface area contributed by atoms with Crippen LogP contribution in [0.2, 0.25) is 5.02 Å². The van der Waals surface area contributed by atoms with Gasteiger partial charge in [0, 0.05) is 44.6 Å². The summed E-state index contributed by atoms with van der Waals surface area (Å²) < 4.78 is 5.47. The molecule has 0 radical (unpaired) electrons. The number of carbonyl (C=O) groups excluding carboxylic acids is 2. The van der Waals surface area contributed by atoms with Crippen molar-refractivity contribution >= 4 is 23.4 Å². The first kappa shape index (κ1) is 17.8. The molecule has 1 aromatic rings. The molecule has 0 aromatic heterocycles. The predicted octanol–water partition coefficient (Wildman–Crippen LogP) is 2.37. The molecule has 1 fully saturated rings. The fourth-order valence-corrected chi connectivity index (χ4v) is 2.64.